The lowest BCUT2D eigenvalue weighted by Crippen LogP contribution is -2.33. The monoisotopic (exact) mass is 355 g/mol. The van der Waals surface area contributed by atoms with Crippen LogP contribution in [-0.4, -0.2) is 30.7 Å². The molecule has 0 unspecified atom stereocenters. The molecular formula is C20H21NO5. The molecule has 2 aromatic carbocycles. The highest BCUT2D eigenvalue weighted by Gasteiger charge is 2.28. The third kappa shape index (κ3) is 4.83. The average Bonchev–Trinajstić information content (AvgIpc) is 3.19. The summed E-state index contributed by atoms with van der Waals surface area (Å²) < 4.78 is 16.1. The zero-order chi connectivity index (χ0) is 18.4. The number of nitrogens with one attached hydrogen (secondary N) is 1. The van der Waals surface area contributed by atoms with E-state index >= 15 is 0 Å². The minimum absolute atomic E-state index is 0.395. The highest BCUT2D eigenvalue weighted by Crippen LogP contribution is 2.22. The topological polar surface area (TPSA) is 73.9 Å². The molecule has 1 heterocycles. The molecule has 0 radical (unpaired) electrons. The van der Waals surface area contributed by atoms with Gasteiger partial charge >= 0.3 is 5.97 Å². The van der Waals surface area contributed by atoms with Crippen molar-refractivity contribution in [1.82, 2.24) is 0 Å². The summed E-state index contributed by atoms with van der Waals surface area (Å²) in [5, 5.41) is 2.72. The summed E-state index contributed by atoms with van der Waals surface area (Å²) in [5.74, 6) is 0.510. The summed E-state index contributed by atoms with van der Waals surface area (Å²) in [6.07, 6.45) is 0.0139. The van der Waals surface area contributed by atoms with E-state index in [0.717, 1.165) is 12.2 Å². The van der Waals surface area contributed by atoms with Crippen molar-refractivity contribution in [2.75, 3.05) is 11.9 Å². The number of hydrogen-bond acceptors (Lipinski definition) is 5. The molecule has 3 rings (SSSR count). The van der Waals surface area contributed by atoms with Crippen LogP contribution >= 0.6 is 0 Å². The van der Waals surface area contributed by atoms with Crippen LogP contribution in [0.4, 0.5) is 5.69 Å². The van der Waals surface area contributed by atoms with Crippen LogP contribution in [-0.2, 0) is 19.1 Å². The Bertz CT molecular complexity index is 739. The van der Waals surface area contributed by atoms with Gasteiger partial charge in [0.15, 0.2) is 12.2 Å². The smallest absolute Gasteiger partial charge is 0.336 e. The van der Waals surface area contributed by atoms with Gasteiger partial charge in [-0.05, 0) is 56.2 Å². The lowest BCUT2D eigenvalue weighted by atomic mass is 10.2. The summed E-state index contributed by atoms with van der Waals surface area (Å²) in [6, 6.07) is 16.4. The minimum atomic E-state index is -0.896. The highest BCUT2D eigenvalue weighted by molar-refractivity contribution is 5.95. The Kier molecular flexibility index (Phi) is 5.86. The van der Waals surface area contributed by atoms with Gasteiger partial charge in [-0.25, -0.2) is 4.79 Å². The minimum Gasteiger partial charge on any atom is -0.457 e. The van der Waals surface area contributed by atoms with Gasteiger partial charge in [0.2, 0.25) is 0 Å². The lowest BCUT2D eigenvalue weighted by Gasteiger charge is -2.16. The maximum Gasteiger partial charge on any atom is 0.336 e. The average molecular weight is 355 g/mol. The maximum absolute atomic E-state index is 12.2. The van der Waals surface area contributed by atoms with Crippen LogP contribution in [0.1, 0.15) is 19.8 Å². The Morgan fingerprint density at radius 1 is 1.08 bits per heavy atom. The van der Waals surface area contributed by atoms with Gasteiger partial charge in [0.05, 0.1) is 0 Å². The molecule has 1 aliphatic rings. The van der Waals surface area contributed by atoms with E-state index in [0.29, 0.717) is 24.5 Å². The Morgan fingerprint density at radius 3 is 2.42 bits per heavy atom. The molecule has 6 heteroatoms. The van der Waals surface area contributed by atoms with Crippen molar-refractivity contribution in [2.45, 2.75) is 32.0 Å². The standard InChI is InChI=1S/C20H21NO5/c1-14(25-20(23)18-8-5-13-24-18)19(22)21-15-9-11-17(12-10-15)26-16-6-3-2-4-7-16/h2-4,6-7,9-12,14,18H,5,8,13H2,1H3,(H,21,22)/t14-,18+/m1/s1. The van der Waals surface area contributed by atoms with Crippen LogP contribution in [0.25, 0.3) is 0 Å². The van der Waals surface area contributed by atoms with Crippen molar-refractivity contribution in [1.29, 1.82) is 0 Å². The van der Waals surface area contributed by atoms with Gasteiger partial charge < -0.3 is 19.5 Å². The summed E-state index contributed by atoms with van der Waals surface area (Å²) in [4.78, 5) is 24.1. The number of ether oxygens (including phenoxy) is 3. The largest absolute Gasteiger partial charge is 0.457 e. The van der Waals surface area contributed by atoms with Crippen molar-refractivity contribution >= 4 is 17.6 Å². The second-order valence-electron chi connectivity index (χ2n) is 6.01. The molecule has 0 saturated carbocycles. The van der Waals surface area contributed by atoms with Crippen molar-refractivity contribution in [3.8, 4) is 11.5 Å². The van der Waals surface area contributed by atoms with Crippen LogP contribution in [0.2, 0.25) is 0 Å². The summed E-state index contributed by atoms with van der Waals surface area (Å²) in [6.45, 7) is 2.09. The molecule has 0 aromatic heterocycles. The van der Waals surface area contributed by atoms with Gasteiger partial charge in [-0.3, -0.25) is 4.79 Å². The molecule has 26 heavy (non-hydrogen) atoms. The summed E-state index contributed by atoms with van der Waals surface area (Å²) in [5.41, 5.74) is 0.593. The van der Waals surface area contributed by atoms with E-state index < -0.39 is 24.1 Å². The third-order valence-electron chi connectivity index (χ3n) is 3.96. The summed E-state index contributed by atoms with van der Waals surface area (Å²) >= 11 is 0. The molecule has 1 aliphatic heterocycles. The molecule has 1 fully saturated rings. The Morgan fingerprint density at radius 2 is 1.77 bits per heavy atom. The second kappa shape index (κ2) is 8.49. The number of hydrogen-bond donors (Lipinski definition) is 1. The number of carbonyl (C=O) groups excluding carboxylic acids is 2. The predicted octanol–water partition coefficient (Wildman–Crippen LogP) is 3.53. The Labute approximate surface area is 152 Å². The van der Waals surface area contributed by atoms with Gasteiger partial charge in [0.1, 0.15) is 11.5 Å². The van der Waals surface area contributed by atoms with Crippen molar-refractivity contribution in [3.63, 3.8) is 0 Å². The van der Waals surface area contributed by atoms with E-state index in [1.54, 1.807) is 24.3 Å². The zero-order valence-corrected chi connectivity index (χ0v) is 14.5. The molecule has 1 saturated heterocycles. The predicted molar refractivity (Wildman–Crippen MR) is 96.1 cm³/mol. The van der Waals surface area contributed by atoms with E-state index in [4.69, 9.17) is 14.2 Å². The van der Waals surface area contributed by atoms with Crippen LogP contribution in [0.5, 0.6) is 11.5 Å². The molecule has 0 aliphatic carbocycles. The van der Waals surface area contributed by atoms with Gasteiger partial charge in [-0.1, -0.05) is 18.2 Å². The van der Waals surface area contributed by atoms with E-state index in [1.165, 1.54) is 6.92 Å². The molecule has 1 N–H and O–H groups in total. The third-order valence-corrected chi connectivity index (χ3v) is 3.96. The van der Waals surface area contributed by atoms with Gasteiger partial charge in [-0.15, -0.1) is 0 Å². The van der Waals surface area contributed by atoms with E-state index in [9.17, 15) is 9.59 Å². The lowest BCUT2D eigenvalue weighted by molar-refractivity contribution is -0.162. The van der Waals surface area contributed by atoms with Crippen LogP contribution in [0.15, 0.2) is 54.6 Å². The van der Waals surface area contributed by atoms with Gasteiger partial charge in [0, 0.05) is 12.3 Å². The fraction of sp³-hybridized carbons (Fsp3) is 0.300. The first kappa shape index (κ1) is 17.9. The van der Waals surface area contributed by atoms with E-state index in [2.05, 4.69) is 5.32 Å². The number of anilines is 1. The molecule has 136 valence electrons. The molecule has 2 aromatic rings. The van der Waals surface area contributed by atoms with E-state index in [-0.39, 0.29) is 0 Å². The number of carbonyl (C=O) groups is 2. The van der Waals surface area contributed by atoms with E-state index in [1.807, 2.05) is 30.3 Å². The van der Waals surface area contributed by atoms with Crippen molar-refractivity contribution < 1.29 is 23.8 Å². The van der Waals surface area contributed by atoms with Crippen molar-refractivity contribution in [2.24, 2.45) is 0 Å². The first-order valence-electron chi connectivity index (χ1n) is 8.58. The fourth-order valence-corrected chi connectivity index (χ4v) is 2.54. The zero-order valence-electron chi connectivity index (χ0n) is 14.5. The molecule has 1 amide bonds. The highest BCUT2D eigenvalue weighted by atomic mass is 16.6. The maximum atomic E-state index is 12.2. The van der Waals surface area contributed by atoms with Crippen LogP contribution in [0, 0.1) is 0 Å². The number of esters is 1. The molecule has 6 nitrogen and oxygen atoms in total. The molecule has 0 bridgehead atoms. The quantitative estimate of drug-likeness (QED) is 0.803. The number of para-hydroxylation sites is 1. The van der Waals surface area contributed by atoms with Gasteiger partial charge in [-0.2, -0.15) is 0 Å². The fourth-order valence-electron chi connectivity index (χ4n) is 2.54. The van der Waals surface area contributed by atoms with Crippen LogP contribution < -0.4 is 10.1 Å². The Hall–Kier alpha value is -2.86. The first-order chi connectivity index (χ1) is 12.6. The second-order valence-corrected chi connectivity index (χ2v) is 6.01. The number of rotatable bonds is 6. The summed E-state index contributed by atoms with van der Waals surface area (Å²) in [7, 11) is 0. The Balaban J connectivity index is 1.51. The SMILES string of the molecule is C[C@@H](OC(=O)[C@@H]1CCCO1)C(=O)Nc1ccc(Oc2ccccc2)cc1. The molecule has 0 spiro atoms. The number of amides is 1. The van der Waals surface area contributed by atoms with Crippen molar-refractivity contribution in [3.05, 3.63) is 54.6 Å². The van der Waals surface area contributed by atoms with Gasteiger partial charge in [0.25, 0.3) is 5.91 Å². The number of benzene rings is 2. The normalized spacial score (nSPS) is 17.3. The first-order valence-corrected chi connectivity index (χ1v) is 8.58. The molecular weight excluding hydrogens is 334 g/mol. The van der Waals surface area contributed by atoms with Crippen LogP contribution in [0.3, 0.4) is 0 Å². The molecule has 2 atom stereocenters.